The molecule has 0 aliphatic carbocycles. The molecule has 0 aliphatic rings. The van der Waals surface area contributed by atoms with Crippen molar-refractivity contribution in [3.8, 4) is 23.0 Å². The second-order valence-corrected chi connectivity index (χ2v) is 6.05. The monoisotopic (exact) mass is 374 g/mol. The summed E-state index contributed by atoms with van der Waals surface area (Å²) in [6.45, 7) is 0. The number of aromatic hydroxyl groups is 4. The van der Waals surface area contributed by atoms with Gasteiger partial charge in [0.25, 0.3) is 0 Å². The molecule has 5 heteroatoms. The molecule has 0 saturated heterocycles. The van der Waals surface area contributed by atoms with Crippen molar-refractivity contribution in [2.24, 2.45) is 0 Å². The van der Waals surface area contributed by atoms with Gasteiger partial charge < -0.3 is 20.4 Å². The summed E-state index contributed by atoms with van der Waals surface area (Å²) in [5.74, 6) is -0.362. The van der Waals surface area contributed by atoms with Gasteiger partial charge in [-0.1, -0.05) is 48.5 Å². The van der Waals surface area contributed by atoms with Crippen LogP contribution in [0.3, 0.4) is 0 Å². The lowest BCUT2D eigenvalue weighted by molar-refractivity contribution is 0.103. The van der Waals surface area contributed by atoms with Gasteiger partial charge in [-0.25, -0.2) is 0 Å². The summed E-state index contributed by atoms with van der Waals surface area (Å²) in [4.78, 5) is 12.0. The van der Waals surface area contributed by atoms with Crippen molar-refractivity contribution in [3.05, 3.63) is 96.1 Å². The maximum atomic E-state index is 12.0. The van der Waals surface area contributed by atoms with Crippen LogP contribution in [0.4, 0.5) is 0 Å². The van der Waals surface area contributed by atoms with Crippen molar-refractivity contribution in [2.45, 2.75) is 0 Å². The zero-order chi connectivity index (χ0) is 20.1. The number of hydrogen-bond donors (Lipinski definition) is 4. The van der Waals surface area contributed by atoms with Crippen LogP contribution in [-0.2, 0) is 0 Å². The number of hydrogen-bond acceptors (Lipinski definition) is 5. The second-order valence-electron chi connectivity index (χ2n) is 6.05. The van der Waals surface area contributed by atoms with E-state index in [9.17, 15) is 20.1 Å². The first kappa shape index (κ1) is 18.8. The molecule has 0 unspecified atom stereocenters. The van der Waals surface area contributed by atoms with Crippen molar-refractivity contribution in [1.82, 2.24) is 0 Å². The first-order valence-corrected chi connectivity index (χ1v) is 8.49. The second kappa shape index (κ2) is 8.14. The Kier molecular flexibility index (Phi) is 5.46. The molecule has 4 rings (SSSR count). The molecule has 0 heterocycles. The summed E-state index contributed by atoms with van der Waals surface area (Å²) in [6, 6.07) is 22.8. The normalized spacial score (nSPS) is 10.1. The minimum Gasteiger partial charge on any atom is -0.508 e. The molecule has 0 radical (unpaired) electrons. The molecule has 4 aromatic carbocycles. The highest BCUT2D eigenvalue weighted by atomic mass is 16.3. The smallest absolute Gasteiger partial charge is 0.200 e. The Balaban J connectivity index is 0.000000167. The van der Waals surface area contributed by atoms with Crippen LogP contribution in [-0.4, -0.2) is 26.2 Å². The molecule has 0 saturated carbocycles. The van der Waals surface area contributed by atoms with Gasteiger partial charge in [0.2, 0.25) is 0 Å². The largest absolute Gasteiger partial charge is 0.508 e. The molecule has 0 atom stereocenters. The SMILES string of the molecule is O=C(c1ccccc1O)c1ccccc1O.Oc1cc(O)c2ccccc2c1. The molecule has 4 N–H and O–H groups in total. The van der Waals surface area contributed by atoms with E-state index in [0.29, 0.717) is 0 Å². The lowest BCUT2D eigenvalue weighted by Gasteiger charge is -2.04. The molecule has 0 aromatic heterocycles. The van der Waals surface area contributed by atoms with Gasteiger partial charge in [-0.15, -0.1) is 0 Å². The van der Waals surface area contributed by atoms with Gasteiger partial charge in [0.1, 0.15) is 23.0 Å². The van der Waals surface area contributed by atoms with Crippen molar-refractivity contribution in [2.75, 3.05) is 0 Å². The van der Waals surface area contributed by atoms with Gasteiger partial charge in [-0.05, 0) is 35.7 Å². The van der Waals surface area contributed by atoms with Crippen molar-refractivity contribution in [3.63, 3.8) is 0 Å². The average Bonchev–Trinajstić information content (AvgIpc) is 2.69. The van der Waals surface area contributed by atoms with E-state index in [4.69, 9.17) is 5.11 Å². The van der Waals surface area contributed by atoms with E-state index < -0.39 is 5.78 Å². The zero-order valence-electron chi connectivity index (χ0n) is 14.8. The van der Waals surface area contributed by atoms with Gasteiger partial charge in [0, 0.05) is 11.5 Å². The third kappa shape index (κ3) is 4.04. The topological polar surface area (TPSA) is 98.0 Å². The van der Waals surface area contributed by atoms with Gasteiger partial charge in [-0.2, -0.15) is 0 Å². The Morgan fingerprint density at radius 2 is 1.07 bits per heavy atom. The van der Waals surface area contributed by atoms with E-state index in [-0.39, 0.29) is 34.1 Å². The zero-order valence-corrected chi connectivity index (χ0v) is 14.8. The molecule has 4 aromatic rings. The maximum Gasteiger partial charge on any atom is 0.200 e. The minimum atomic E-state index is -0.392. The molecule has 0 amide bonds. The Hall–Kier alpha value is -3.99. The van der Waals surface area contributed by atoms with E-state index in [1.54, 1.807) is 30.3 Å². The Labute approximate surface area is 161 Å². The average molecular weight is 374 g/mol. The predicted octanol–water partition coefficient (Wildman–Crippen LogP) is 4.58. The molecular formula is C23H18O5. The number of carbonyl (C=O) groups is 1. The van der Waals surface area contributed by atoms with Crippen LogP contribution < -0.4 is 0 Å². The van der Waals surface area contributed by atoms with Crippen LogP contribution >= 0.6 is 0 Å². The number of phenolic OH excluding ortho intramolecular Hbond substituents is 4. The molecule has 28 heavy (non-hydrogen) atoms. The number of fused-ring (bicyclic) bond motifs is 1. The number of para-hydroxylation sites is 2. The highest BCUT2D eigenvalue weighted by molar-refractivity contribution is 6.12. The van der Waals surface area contributed by atoms with Crippen LogP contribution in [0.5, 0.6) is 23.0 Å². The Bertz CT molecular complexity index is 1090. The summed E-state index contributed by atoms with van der Waals surface area (Å²) in [5, 5.41) is 39.2. The summed E-state index contributed by atoms with van der Waals surface area (Å²) in [6.07, 6.45) is 0. The lowest BCUT2D eigenvalue weighted by atomic mass is 10.0. The highest BCUT2D eigenvalue weighted by Gasteiger charge is 2.15. The van der Waals surface area contributed by atoms with Crippen molar-refractivity contribution < 1.29 is 25.2 Å². The van der Waals surface area contributed by atoms with E-state index in [2.05, 4.69) is 0 Å². The summed E-state index contributed by atoms with van der Waals surface area (Å²) in [7, 11) is 0. The van der Waals surface area contributed by atoms with Crippen LogP contribution in [0.1, 0.15) is 15.9 Å². The van der Waals surface area contributed by atoms with Gasteiger partial charge in [0.05, 0.1) is 11.1 Å². The quantitative estimate of drug-likeness (QED) is 0.385. The van der Waals surface area contributed by atoms with E-state index >= 15 is 0 Å². The van der Waals surface area contributed by atoms with E-state index in [1.165, 1.54) is 30.3 Å². The van der Waals surface area contributed by atoms with Crippen LogP contribution in [0.2, 0.25) is 0 Å². The third-order valence-corrected chi connectivity index (χ3v) is 4.12. The van der Waals surface area contributed by atoms with E-state index in [0.717, 1.165) is 10.8 Å². The summed E-state index contributed by atoms with van der Waals surface area (Å²) in [5.41, 5.74) is 0.369. The third-order valence-electron chi connectivity index (χ3n) is 4.12. The lowest BCUT2D eigenvalue weighted by Crippen LogP contribution is -2.01. The first-order valence-electron chi connectivity index (χ1n) is 8.49. The van der Waals surface area contributed by atoms with Crippen LogP contribution in [0, 0.1) is 0 Å². The first-order chi connectivity index (χ1) is 13.5. The van der Waals surface area contributed by atoms with Gasteiger partial charge in [-0.3, -0.25) is 4.79 Å². The molecule has 0 fully saturated rings. The fraction of sp³-hybridized carbons (Fsp3) is 0. The van der Waals surface area contributed by atoms with Crippen LogP contribution in [0.25, 0.3) is 10.8 Å². The molecule has 140 valence electrons. The fourth-order valence-corrected chi connectivity index (χ4v) is 2.75. The number of phenols is 4. The predicted molar refractivity (Wildman–Crippen MR) is 107 cm³/mol. The fourth-order valence-electron chi connectivity index (χ4n) is 2.75. The number of ketones is 1. The standard InChI is InChI=1S/C13H10O3.C10H8O2/c14-11-7-3-1-5-9(11)13(16)10-6-2-4-8-12(10)15;11-8-5-7-3-1-2-4-9(7)10(12)6-8/h1-8,14-15H;1-6,11-12H. The highest BCUT2D eigenvalue weighted by Crippen LogP contribution is 2.29. The van der Waals surface area contributed by atoms with Crippen molar-refractivity contribution >= 4 is 16.6 Å². The maximum absolute atomic E-state index is 12.0. The van der Waals surface area contributed by atoms with Crippen molar-refractivity contribution in [1.29, 1.82) is 0 Å². The molecule has 5 nitrogen and oxygen atoms in total. The molecular weight excluding hydrogens is 356 g/mol. The Morgan fingerprint density at radius 1 is 0.571 bits per heavy atom. The molecule has 0 aliphatic heterocycles. The van der Waals surface area contributed by atoms with E-state index in [1.807, 2.05) is 24.3 Å². The van der Waals surface area contributed by atoms with Gasteiger partial charge >= 0.3 is 0 Å². The molecule has 0 bridgehead atoms. The Morgan fingerprint density at radius 3 is 1.64 bits per heavy atom. The number of carbonyl (C=O) groups excluding carboxylic acids is 1. The number of rotatable bonds is 2. The minimum absolute atomic E-state index is 0.0873. The summed E-state index contributed by atoms with van der Waals surface area (Å²) >= 11 is 0. The van der Waals surface area contributed by atoms with Crippen LogP contribution in [0.15, 0.2) is 84.9 Å². The molecule has 0 spiro atoms. The summed E-state index contributed by atoms with van der Waals surface area (Å²) < 4.78 is 0. The van der Waals surface area contributed by atoms with Gasteiger partial charge in [0.15, 0.2) is 5.78 Å². The number of benzene rings is 4.